The predicted molar refractivity (Wildman–Crippen MR) is 111 cm³/mol. The molecule has 28 heavy (non-hydrogen) atoms. The molecule has 0 saturated heterocycles. The van der Waals surface area contributed by atoms with Gasteiger partial charge in [-0.25, -0.2) is 0 Å². The van der Waals surface area contributed by atoms with Crippen LogP contribution in [0.3, 0.4) is 0 Å². The van der Waals surface area contributed by atoms with Crippen molar-refractivity contribution in [2.75, 3.05) is 25.1 Å². The summed E-state index contributed by atoms with van der Waals surface area (Å²) in [5.74, 6) is 2.58. The number of para-hydroxylation sites is 1. The number of anilines is 1. The van der Waals surface area contributed by atoms with E-state index in [2.05, 4.69) is 32.0 Å². The summed E-state index contributed by atoms with van der Waals surface area (Å²) in [6.45, 7) is 5.94. The minimum absolute atomic E-state index is 0.117. The van der Waals surface area contributed by atoms with E-state index in [1.54, 1.807) is 24.3 Å². The molecule has 5 nitrogen and oxygen atoms in total. The van der Waals surface area contributed by atoms with Gasteiger partial charge < -0.3 is 15.0 Å². The average molecular weight is 378 g/mol. The molecule has 2 rings (SSSR count). The van der Waals surface area contributed by atoms with Crippen molar-refractivity contribution in [2.45, 2.75) is 26.2 Å². The molecule has 2 aromatic rings. The van der Waals surface area contributed by atoms with E-state index in [4.69, 9.17) is 11.2 Å². The van der Waals surface area contributed by atoms with Crippen LogP contribution in [0.5, 0.6) is 5.75 Å². The van der Waals surface area contributed by atoms with Crippen molar-refractivity contribution < 1.29 is 14.3 Å². The first kappa shape index (κ1) is 21.0. The second kappa shape index (κ2) is 9.09. The number of carbonyl (C=O) groups is 2. The smallest absolute Gasteiger partial charge is 0.265 e. The Hall–Kier alpha value is -3.26. The maximum absolute atomic E-state index is 12.9. The fourth-order valence-electron chi connectivity index (χ4n) is 2.74. The highest BCUT2D eigenvalue weighted by Gasteiger charge is 2.22. The Labute approximate surface area is 166 Å². The van der Waals surface area contributed by atoms with Gasteiger partial charge in [0.25, 0.3) is 5.91 Å². The minimum Gasteiger partial charge on any atom is -0.483 e. The first-order valence-electron chi connectivity index (χ1n) is 9.06. The molecule has 5 heteroatoms. The molecule has 0 bridgehead atoms. The molecule has 0 atom stereocenters. The van der Waals surface area contributed by atoms with Gasteiger partial charge in [-0.2, -0.15) is 0 Å². The number of hydrogen-bond donors (Lipinski definition) is 1. The number of ether oxygens (including phenoxy) is 1. The quantitative estimate of drug-likeness (QED) is 0.786. The number of benzene rings is 2. The summed E-state index contributed by atoms with van der Waals surface area (Å²) in [5, 5.41) is 2.54. The fourth-order valence-corrected chi connectivity index (χ4v) is 2.74. The second-order valence-electron chi connectivity index (χ2n) is 7.38. The van der Waals surface area contributed by atoms with E-state index in [0.29, 0.717) is 17.0 Å². The molecule has 0 aromatic heterocycles. The van der Waals surface area contributed by atoms with Gasteiger partial charge in [0, 0.05) is 18.3 Å². The van der Waals surface area contributed by atoms with E-state index in [-0.39, 0.29) is 30.4 Å². The highest BCUT2D eigenvalue weighted by atomic mass is 16.5. The Morgan fingerprint density at radius 3 is 2.50 bits per heavy atom. The molecule has 0 spiro atoms. The predicted octanol–water partition coefficient (Wildman–Crippen LogP) is 3.12. The van der Waals surface area contributed by atoms with Gasteiger partial charge in [-0.3, -0.25) is 9.59 Å². The molecule has 0 aliphatic carbocycles. The van der Waals surface area contributed by atoms with Gasteiger partial charge in [-0.05, 0) is 35.2 Å². The molecular formula is C23H26N2O3. The zero-order chi connectivity index (χ0) is 20.7. The Balaban J connectivity index is 2.24. The van der Waals surface area contributed by atoms with Crippen molar-refractivity contribution >= 4 is 17.5 Å². The van der Waals surface area contributed by atoms with Crippen molar-refractivity contribution in [3.8, 4) is 18.1 Å². The lowest BCUT2D eigenvalue weighted by Crippen LogP contribution is -2.42. The van der Waals surface area contributed by atoms with Gasteiger partial charge in [0.2, 0.25) is 5.91 Å². The molecular weight excluding hydrogens is 352 g/mol. The lowest BCUT2D eigenvalue weighted by atomic mass is 9.86. The Bertz CT molecular complexity index is 891. The van der Waals surface area contributed by atoms with Crippen molar-refractivity contribution in [1.82, 2.24) is 5.32 Å². The summed E-state index contributed by atoms with van der Waals surface area (Å²) < 4.78 is 5.84. The number of nitrogens with zero attached hydrogens (tertiary/aromatic N) is 1. The number of rotatable bonds is 6. The number of hydrogen-bond acceptors (Lipinski definition) is 3. The fraction of sp³-hybridized carbons (Fsp3) is 0.304. The normalized spacial score (nSPS) is 10.7. The van der Waals surface area contributed by atoms with Crippen LogP contribution in [0.1, 0.15) is 31.9 Å². The number of likely N-dealkylation sites (N-methyl/N-ethyl adjacent to an activating group) is 1. The molecule has 0 aliphatic rings. The largest absolute Gasteiger partial charge is 0.483 e. The monoisotopic (exact) mass is 378 g/mol. The van der Waals surface area contributed by atoms with Crippen LogP contribution >= 0.6 is 0 Å². The first-order chi connectivity index (χ1) is 13.3. The number of amides is 2. The van der Waals surface area contributed by atoms with Gasteiger partial charge in [0.1, 0.15) is 12.3 Å². The van der Waals surface area contributed by atoms with Crippen molar-refractivity contribution in [3.63, 3.8) is 0 Å². The molecule has 0 unspecified atom stereocenters. The van der Waals surface area contributed by atoms with E-state index in [1.807, 2.05) is 24.3 Å². The van der Waals surface area contributed by atoms with Crippen LogP contribution in [0.25, 0.3) is 0 Å². The molecule has 0 aliphatic heterocycles. The van der Waals surface area contributed by atoms with Gasteiger partial charge in [0.05, 0.1) is 0 Å². The van der Waals surface area contributed by atoms with Gasteiger partial charge in [0.15, 0.2) is 6.61 Å². The molecule has 0 radical (unpaired) electrons. The summed E-state index contributed by atoms with van der Waals surface area (Å²) in [6, 6.07) is 14.6. The van der Waals surface area contributed by atoms with E-state index in [9.17, 15) is 9.59 Å². The molecule has 1 N–H and O–H groups in total. The summed E-state index contributed by atoms with van der Waals surface area (Å²) in [6.07, 6.45) is 5.46. The van der Waals surface area contributed by atoms with Gasteiger partial charge in [-0.15, -0.1) is 6.42 Å². The Morgan fingerprint density at radius 2 is 1.86 bits per heavy atom. The zero-order valence-corrected chi connectivity index (χ0v) is 16.8. The minimum atomic E-state index is -0.332. The van der Waals surface area contributed by atoms with Gasteiger partial charge in [-0.1, -0.05) is 51.0 Å². The standard InChI is InChI=1S/C23H26N2O3/c1-6-17-10-9-11-18(14-17)25(15-21(26)24-5)22(27)16-28-20-13-8-7-12-19(20)23(2,3)4/h1,7-14H,15-16H2,2-5H3,(H,24,26). The SMILES string of the molecule is C#Cc1cccc(N(CC(=O)NC)C(=O)COc2ccccc2C(C)(C)C)c1. The van der Waals surface area contributed by atoms with E-state index < -0.39 is 0 Å². The maximum atomic E-state index is 12.9. The molecule has 0 fully saturated rings. The van der Waals surface area contributed by atoms with Crippen molar-refractivity contribution in [2.24, 2.45) is 0 Å². The van der Waals surface area contributed by atoms with E-state index in [1.165, 1.54) is 11.9 Å². The van der Waals surface area contributed by atoms with E-state index in [0.717, 1.165) is 5.56 Å². The summed E-state index contributed by atoms with van der Waals surface area (Å²) in [4.78, 5) is 26.2. The lowest BCUT2D eigenvalue weighted by molar-refractivity contribution is -0.124. The summed E-state index contributed by atoms with van der Waals surface area (Å²) in [7, 11) is 1.53. The molecule has 0 heterocycles. The molecule has 0 saturated carbocycles. The van der Waals surface area contributed by atoms with Crippen LogP contribution in [-0.4, -0.2) is 32.0 Å². The number of nitrogens with one attached hydrogen (secondary N) is 1. The van der Waals surface area contributed by atoms with Gasteiger partial charge >= 0.3 is 0 Å². The molecule has 2 aromatic carbocycles. The maximum Gasteiger partial charge on any atom is 0.265 e. The van der Waals surface area contributed by atoms with Crippen LogP contribution in [0.2, 0.25) is 0 Å². The highest BCUT2D eigenvalue weighted by molar-refractivity contribution is 5.99. The molecule has 146 valence electrons. The Morgan fingerprint density at radius 1 is 1.14 bits per heavy atom. The lowest BCUT2D eigenvalue weighted by Gasteiger charge is -2.25. The van der Waals surface area contributed by atoms with E-state index >= 15 is 0 Å². The molecule has 2 amide bonds. The van der Waals surface area contributed by atoms with Crippen molar-refractivity contribution in [1.29, 1.82) is 0 Å². The third-order valence-corrected chi connectivity index (χ3v) is 4.25. The number of terminal acetylenes is 1. The third-order valence-electron chi connectivity index (χ3n) is 4.25. The average Bonchev–Trinajstić information content (AvgIpc) is 2.69. The third kappa shape index (κ3) is 5.37. The van der Waals surface area contributed by atoms with Crippen LogP contribution in [0.4, 0.5) is 5.69 Å². The van der Waals surface area contributed by atoms with Crippen molar-refractivity contribution in [3.05, 3.63) is 59.7 Å². The highest BCUT2D eigenvalue weighted by Crippen LogP contribution is 2.31. The van der Waals surface area contributed by atoms with Crippen LogP contribution < -0.4 is 15.0 Å². The summed E-state index contributed by atoms with van der Waals surface area (Å²) in [5.41, 5.74) is 2.07. The zero-order valence-electron chi connectivity index (χ0n) is 16.8. The summed E-state index contributed by atoms with van der Waals surface area (Å²) >= 11 is 0. The topological polar surface area (TPSA) is 58.6 Å². The number of carbonyl (C=O) groups excluding carboxylic acids is 2. The first-order valence-corrected chi connectivity index (χ1v) is 9.06. The second-order valence-corrected chi connectivity index (χ2v) is 7.38. The van der Waals surface area contributed by atoms with Crippen LogP contribution in [0.15, 0.2) is 48.5 Å². The van der Waals surface area contributed by atoms with Crippen LogP contribution in [-0.2, 0) is 15.0 Å². The Kier molecular flexibility index (Phi) is 6.84. The van der Waals surface area contributed by atoms with Crippen LogP contribution in [0, 0.1) is 12.3 Å².